The van der Waals surface area contributed by atoms with Crippen LogP contribution in [0.25, 0.3) is 5.65 Å². The Labute approximate surface area is 99.6 Å². The number of fused-ring (bicyclic) bond motifs is 1. The van der Waals surface area contributed by atoms with Crippen LogP contribution in [0, 0.1) is 0 Å². The number of ether oxygens (including phenoxy) is 1. The van der Waals surface area contributed by atoms with Gasteiger partial charge in [0.2, 0.25) is 0 Å². The lowest BCUT2D eigenvalue weighted by atomic mass is 10.2. The average Bonchev–Trinajstić information content (AvgIpc) is 2.71. The summed E-state index contributed by atoms with van der Waals surface area (Å²) in [6.45, 7) is 0.770. The molecule has 0 aromatic carbocycles. The van der Waals surface area contributed by atoms with Gasteiger partial charge in [-0.05, 0) is 26.2 Å². The Morgan fingerprint density at radius 2 is 2.29 bits per heavy atom. The molecule has 0 bridgehead atoms. The maximum absolute atomic E-state index is 11.6. The van der Waals surface area contributed by atoms with Gasteiger partial charge in [0, 0.05) is 12.7 Å². The Bertz CT molecular complexity index is 546. The van der Waals surface area contributed by atoms with Crippen LogP contribution in [0.4, 0.5) is 0 Å². The molecule has 5 heteroatoms. The summed E-state index contributed by atoms with van der Waals surface area (Å²) in [7, 11) is 5.35. The standard InChI is InChI=1S/C12H15N3O2/c1-14(2)8-9-7-13-11-10(12(16)17-3)5-4-6-15(9)11/h4-7H,8H2,1-3H3. The Morgan fingerprint density at radius 1 is 1.53 bits per heavy atom. The van der Waals surface area contributed by atoms with Crippen LogP contribution in [-0.4, -0.2) is 41.5 Å². The highest BCUT2D eigenvalue weighted by atomic mass is 16.5. The molecule has 0 N–H and O–H groups in total. The summed E-state index contributed by atoms with van der Waals surface area (Å²) in [5.41, 5.74) is 2.16. The number of pyridine rings is 1. The second kappa shape index (κ2) is 4.55. The molecule has 0 amide bonds. The third-order valence-corrected chi connectivity index (χ3v) is 2.50. The Hall–Kier alpha value is -1.88. The van der Waals surface area contributed by atoms with Crippen molar-refractivity contribution in [2.45, 2.75) is 6.54 Å². The number of aromatic nitrogens is 2. The minimum atomic E-state index is -0.363. The molecule has 2 heterocycles. The topological polar surface area (TPSA) is 46.8 Å². The van der Waals surface area contributed by atoms with Crippen LogP contribution in [0.15, 0.2) is 24.5 Å². The predicted molar refractivity (Wildman–Crippen MR) is 63.9 cm³/mol. The van der Waals surface area contributed by atoms with E-state index in [9.17, 15) is 4.79 Å². The van der Waals surface area contributed by atoms with Crippen molar-refractivity contribution in [2.75, 3.05) is 21.2 Å². The largest absolute Gasteiger partial charge is 0.465 e. The average molecular weight is 233 g/mol. The predicted octanol–water partition coefficient (Wildman–Crippen LogP) is 1.18. The zero-order chi connectivity index (χ0) is 12.4. The fourth-order valence-corrected chi connectivity index (χ4v) is 1.77. The fourth-order valence-electron chi connectivity index (χ4n) is 1.77. The second-order valence-corrected chi connectivity index (χ2v) is 4.09. The van der Waals surface area contributed by atoms with E-state index in [0.717, 1.165) is 12.2 Å². The van der Waals surface area contributed by atoms with Gasteiger partial charge in [-0.3, -0.25) is 0 Å². The number of esters is 1. The molecule has 0 spiro atoms. The molecule has 0 radical (unpaired) electrons. The number of carbonyl (C=O) groups excluding carboxylic acids is 1. The summed E-state index contributed by atoms with van der Waals surface area (Å²) in [6.07, 6.45) is 3.68. The normalized spacial score (nSPS) is 11.1. The molecule has 0 saturated heterocycles. The van der Waals surface area contributed by atoms with E-state index in [2.05, 4.69) is 4.98 Å². The number of carbonyl (C=O) groups is 1. The van der Waals surface area contributed by atoms with Crippen molar-refractivity contribution in [3.63, 3.8) is 0 Å². The molecular weight excluding hydrogens is 218 g/mol. The van der Waals surface area contributed by atoms with E-state index in [4.69, 9.17) is 4.74 Å². The summed E-state index contributed by atoms with van der Waals surface area (Å²) in [6, 6.07) is 3.54. The summed E-state index contributed by atoms with van der Waals surface area (Å²) in [4.78, 5) is 17.9. The van der Waals surface area contributed by atoms with Gasteiger partial charge in [-0.2, -0.15) is 0 Å². The summed E-state index contributed by atoms with van der Waals surface area (Å²) in [5.74, 6) is -0.363. The number of hydrogen-bond acceptors (Lipinski definition) is 4. The van der Waals surface area contributed by atoms with E-state index in [1.807, 2.05) is 35.7 Å². The number of hydrogen-bond donors (Lipinski definition) is 0. The number of nitrogens with zero attached hydrogens (tertiary/aromatic N) is 3. The van der Waals surface area contributed by atoms with Crippen LogP contribution in [0.3, 0.4) is 0 Å². The first-order valence-electron chi connectivity index (χ1n) is 5.31. The van der Waals surface area contributed by atoms with Crippen LogP contribution in [-0.2, 0) is 11.3 Å². The molecule has 0 aliphatic rings. The first-order chi connectivity index (χ1) is 8.13. The van der Waals surface area contributed by atoms with E-state index >= 15 is 0 Å². The molecule has 0 unspecified atom stereocenters. The Balaban J connectivity index is 2.52. The van der Waals surface area contributed by atoms with Gasteiger partial charge in [0.05, 0.1) is 19.0 Å². The molecule has 2 rings (SSSR count). The zero-order valence-electron chi connectivity index (χ0n) is 10.2. The molecule has 0 aliphatic heterocycles. The van der Waals surface area contributed by atoms with Crippen molar-refractivity contribution < 1.29 is 9.53 Å². The number of imidazole rings is 1. The lowest BCUT2D eigenvalue weighted by molar-refractivity contribution is 0.0602. The molecule has 0 fully saturated rings. The number of rotatable bonds is 3. The van der Waals surface area contributed by atoms with Crippen LogP contribution in [0.1, 0.15) is 16.1 Å². The van der Waals surface area contributed by atoms with Crippen molar-refractivity contribution in [3.8, 4) is 0 Å². The van der Waals surface area contributed by atoms with Gasteiger partial charge in [-0.15, -0.1) is 0 Å². The van der Waals surface area contributed by atoms with Crippen molar-refractivity contribution in [2.24, 2.45) is 0 Å². The van der Waals surface area contributed by atoms with Gasteiger partial charge in [0.25, 0.3) is 0 Å². The zero-order valence-corrected chi connectivity index (χ0v) is 10.2. The van der Waals surface area contributed by atoms with Crippen molar-refractivity contribution in [3.05, 3.63) is 35.8 Å². The van der Waals surface area contributed by atoms with Crippen molar-refractivity contribution >= 4 is 11.6 Å². The van der Waals surface area contributed by atoms with E-state index in [0.29, 0.717) is 11.2 Å². The second-order valence-electron chi connectivity index (χ2n) is 4.09. The van der Waals surface area contributed by atoms with Gasteiger partial charge in [-0.1, -0.05) is 0 Å². The van der Waals surface area contributed by atoms with Gasteiger partial charge in [0.15, 0.2) is 5.65 Å². The lowest BCUT2D eigenvalue weighted by Gasteiger charge is -2.09. The van der Waals surface area contributed by atoms with E-state index in [1.165, 1.54) is 7.11 Å². The van der Waals surface area contributed by atoms with Crippen molar-refractivity contribution in [1.82, 2.24) is 14.3 Å². The minimum absolute atomic E-state index is 0.363. The maximum atomic E-state index is 11.6. The molecule has 90 valence electrons. The summed E-state index contributed by atoms with van der Waals surface area (Å²) >= 11 is 0. The minimum Gasteiger partial charge on any atom is -0.465 e. The fraction of sp³-hybridized carbons (Fsp3) is 0.333. The van der Waals surface area contributed by atoms with Crippen LogP contribution in [0.2, 0.25) is 0 Å². The summed E-state index contributed by atoms with van der Waals surface area (Å²) < 4.78 is 6.64. The van der Waals surface area contributed by atoms with E-state index in [-0.39, 0.29) is 5.97 Å². The Morgan fingerprint density at radius 3 is 2.94 bits per heavy atom. The molecule has 2 aromatic heterocycles. The van der Waals surface area contributed by atoms with Crippen molar-refractivity contribution in [1.29, 1.82) is 0 Å². The van der Waals surface area contributed by atoms with Crippen LogP contribution in [0.5, 0.6) is 0 Å². The van der Waals surface area contributed by atoms with Gasteiger partial charge in [-0.25, -0.2) is 9.78 Å². The molecule has 0 aliphatic carbocycles. The quantitative estimate of drug-likeness (QED) is 0.747. The first kappa shape index (κ1) is 11.6. The van der Waals surface area contributed by atoms with Crippen LogP contribution >= 0.6 is 0 Å². The Kier molecular flexibility index (Phi) is 3.10. The highest BCUT2D eigenvalue weighted by Crippen LogP contribution is 2.13. The van der Waals surface area contributed by atoms with Gasteiger partial charge in [0.1, 0.15) is 5.56 Å². The first-order valence-corrected chi connectivity index (χ1v) is 5.31. The smallest absolute Gasteiger partial charge is 0.341 e. The SMILES string of the molecule is COC(=O)c1cccn2c(CN(C)C)cnc12. The molecule has 17 heavy (non-hydrogen) atoms. The van der Waals surface area contributed by atoms with E-state index in [1.54, 1.807) is 12.3 Å². The maximum Gasteiger partial charge on any atom is 0.341 e. The lowest BCUT2D eigenvalue weighted by Crippen LogP contribution is -2.12. The molecule has 0 atom stereocenters. The third-order valence-electron chi connectivity index (χ3n) is 2.50. The number of methoxy groups -OCH3 is 1. The van der Waals surface area contributed by atoms with Crippen LogP contribution < -0.4 is 0 Å². The molecule has 0 saturated carbocycles. The molecular formula is C12H15N3O2. The van der Waals surface area contributed by atoms with Gasteiger partial charge >= 0.3 is 5.97 Å². The third kappa shape index (κ3) is 2.14. The highest BCUT2D eigenvalue weighted by Gasteiger charge is 2.13. The molecule has 5 nitrogen and oxygen atoms in total. The highest BCUT2D eigenvalue weighted by molar-refractivity contribution is 5.95. The van der Waals surface area contributed by atoms with E-state index < -0.39 is 0 Å². The molecule has 2 aromatic rings. The summed E-state index contributed by atoms with van der Waals surface area (Å²) in [5, 5.41) is 0. The monoisotopic (exact) mass is 233 g/mol. The van der Waals surface area contributed by atoms with Gasteiger partial charge < -0.3 is 14.0 Å².